The average molecular weight is 235 g/mol. The molecular formula is C12H14FN3O. The Kier molecular flexibility index (Phi) is 2.57. The van der Waals surface area contributed by atoms with E-state index in [9.17, 15) is 4.39 Å². The predicted octanol–water partition coefficient (Wildman–Crippen LogP) is 1.19. The maximum absolute atomic E-state index is 12.8. The molecular weight excluding hydrogens is 221 g/mol. The van der Waals surface area contributed by atoms with Crippen molar-refractivity contribution in [3.05, 3.63) is 35.6 Å². The Morgan fingerprint density at radius 3 is 2.59 bits per heavy atom. The molecule has 0 unspecified atom stereocenters. The summed E-state index contributed by atoms with van der Waals surface area (Å²) >= 11 is 0. The lowest BCUT2D eigenvalue weighted by molar-refractivity contribution is -0.0720. The van der Waals surface area contributed by atoms with Crippen molar-refractivity contribution in [2.75, 3.05) is 13.1 Å². The van der Waals surface area contributed by atoms with Crippen LogP contribution in [0.2, 0.25) is 0 Å². The third-order valence-corrected chi connectivity index (χ3v) is 3.16. The molecule has 2 heterocycles. The van der Waals surface area contributed by atoms with Crippen LogP contribution in [0.15, 0.2) is 29.3 Å². The molecule has 2 N–H and O–H groups in total. The van der Waals surface area contributed by atoms with E-state index in [1.54, 1.807) is 12.1 Å². The summed E-state index contributed by atoms with van der Waals surface area (Å²) < 4.78 is 12.8. The third kappa shape index (κ3) is 2.03. The van der Waals surface area contributed by atoms with Gasteiger partial charge in [0.15, 0.2) is 11.6 Å². The van der Waals surface area contributed by atoms with Gasteiger partial charge in [-0.2, -0.15) is 0 Å². The lowest BCUT2D eigenvalue weighted by atomic mass is 10.0. The molecule has 1 spiro atoms. The highest BCUT2D eigenvalue weighted by Gasteiger charge is 2.38. The summed E-state index contributed by atoms with van der Waals surface area (Å²) in [6.45, 7) is 1.81. The van der Waals surface area contributed by atoms with Gasteiger partial charge in [0.05, 0.1) is 0 Å². The van der Waals surface area contributed by atoms with E-state index in [1.165, 1.54) is 12.1 Å². The molecule has 1 aromatic rings. The number of aliphatic imine (C=N–C) groups is 1. The molecule has 0 radical (unpaired) electrons. The smallest absolute Gasteiger partial charge is 0.190 e. The summed E-state index contributed by atoms with van der Waals surface area (Å²) in [4.78, 5) is 10.2. The molecule has 2 aliphatic heterocycles. The zero-order valence-corrected chi connectivity index (χ0v) is 9.37. The largest absolute Gasteiger partial charge is 0.316 e. The van der Waals surface area contributed by atoms with Gasteiger partial charge in [0, 0.05) is 18.4 Å². The van der Waals surface area contributed by atoms with E-state index in [0.717, 1.165) is 31.5 Å². The monoisotopic (exact) mass is 235 g/mol. The van der Waals surface area contributed by atoms with Crippen LogP contribution in [0.25, 0.3) is 0 Å². The Morgan fingerprint density at radius 1 is 1.18 bits per heavy atom. The Labute approximate surface area is 98.8 Å². The van der Waals surface area contributed by atoms with Crippen LogP contribution in [-0.2, 0) is 4.84 Å². The van der Waals surface area contributed by atoms with Gasteiger partial charge in [-0.25, -0.2) is 19.7 Å². The summed E-state index contributed by atoms with van der Waals surface area (Å²) in [5, 5.41) is 3.27. The number of rotatable bonds is 1. The standard InChI is InChI=1S/C12H14FN3O/c13-10-3-1-9(2-4-10)11-15-12(17-16-11)5-7-14-8-6-12/h1-4,14H,5-8H2,(H,15,16). The molecule has 0 atom stereocenters. The minimum atomic E-state index is -0.436. The predicted molar refractivity (Wildman–Crippen MR) is 62.0 cm³/mol. The number of hydroxylamine groups is 1. The second-order valence-electron chi connectivity index (χ2n) is 4.37. The fraction of sp³-hybridized carbons (Fsp3) is 0.417. The lowest BCUT2D eigenvalue weighted by Crippen LogP contribution is -2.41. The number of piperidine rings is 1. The molecule has 1 saturated heterocycles. The first-order chi connectivity index (χ1) is 8.27. The zero-order valence-electron chi connectivity index (χ0n) is 9.37. The van der Waals surface area contributed by atoms with Crippen LogP contribution in [0.1, 0.15) is 18.4 Å². The van der Waals surface area contributed by atoms with Gasteiger partial charge in [0.1, 0.15) is 5.82 Å². The maximum atomic E-state index is 12.8. The van der Waals surface area contributed by atoms with Crippen molar-refractivity contribution >= 4 is 5.84 Å². The number of hydrogen-bond donors (Lipinski definition) is 2. The van der Waals surface area contributed by atoms with Gasteiger partial charge in [0.25, 0.3) is 0 Å². The first kappa shape index (κ1) is 10.7. The highest BCUT2D eigenvalue weighted by molar-refractivity contribution is 5.99. The first-order valence-electron chi connectivity index (χ1n) is 5.78. The van der Waals surface area contributed by atoms with Gasteiger partial charge in [-0.05, 0) is 37.4 Å². The van der Waals surface area contributed by atoms with Gasteiger partial charge in [-0.3, -0.25) is 0 Å². The average Bonchev–Trinajstić information content (AvgIpc) is 2.75. The Hall–Kier alpha value is -1.46. The minimum Gasteiger partial charge on any atom is -0.316 e. The zero-order chi connectivity index (χ0) is 11.7. The van der Waals surface area contributed by atoms with Crippen LogP contribution in [0.3, 0.4) is 0 Å². The molecule has 2 aliphatic rings. The van der Waals surface area contributed by atoms with Crippen LogP contribution >= 0.6 is 0 Å². The van der Waals surface area contributed by atoms with Crippen molar-refractivity contribution in [2.45, 2.75) is 18.6 Å². The molecule has 1 fully saturated rings. The summed E-state index contributed by atoms with van der Waals surface area (Å²) in [6, 6.07) is 6.25. The van der Waals surface area contributed by atoms with Crippen LogP contribution in [-0.4, -0.2) is 24.7 Å². The summed E-state index contributed by atoms with van der Waals surface area (Å²) in [6.07, 6.45) is 1.70. The van der Waals surface area contributed by atoms with Gasteiger partial charge in [-0.15, -0.1) is 0 Å². The van der Waals surface area contributed by atoms with Crippen molar-refractivity contribution in [3.63, 3.8) is 0 Å². The summed E-state index contributed by atoms with van der Waals surface area (Å²) in [5.74, 6) is 0.441. The molecule has 1 aromatic carbocycles. The van der Waals surface area contributed by atoms with Crippen LogP contribution < -0.4 is 10.8 Å². The molecule has 17 heavy (non-hydrogen) atoms. The maximum Gasteiger partial charge on any atom is 0.190 e. The molecule has 0 bridgehead atoms. The fourth-order valence-electron chi connectivity index (χ4n) is 2.16. The van der Waals surface area contributed by atoms with E-state index in [0.29, 0.717) is 5.84 Å². The quantitative estimate of drug-likeness (QED) is 0.768. The van der Waals surface area contributed by atoms with E-state index in [1.807, 2.05) is 0 Å². The van der Waals surface area contributed by atoms with Crippen molar-refractivity contribution in [1.29, 1.82) is 0 Å². The minimum absolute atomic E-state index is 0.246. The van der Waals surface area contributed by atoms with Gasteiger partial charge in [-0.1, -0.05) is 0 Å². The molecule has 90 valence electrons. The van der Waals surface area contributed by atoms with E-state index < -0.39 is 5.72 Å². The van der Waals surface area contributed by atoms with E-state index in [2.05, 4.69) is 15.8 Å². The SMILES string of the molecule is Fc1ccc(C2=NC3(CCNCC3)ON2)cc1. The highest BCUT2D eigenvalue weighted by Crippen LogP contribution is 2.28. The number of amidine groups is 1. The normalized spacial score (nSPS) is 22.3. The van der Waals surface area contributed by atoms with Crippen molar-refractivity contribution < 1.29 is 9.23 Å². The number of benzene rings is 1. The van der Waals surface area contributed by atoms with Gasteiger partial charge >= 0.3 is 0 Å². The second-order valence-corrected chi connectivity index (χ2v) is 4.37. The van der Waals surface area contributed by atoms with Crippen LogP contribution in [0.5, 0.6) is 0 Å². The first-order valence-corrected chi connectivity index (χ1v) is 5.78. The third-order valence-electron chi connectivity index (χ3n) is 3.16. The van der Waals surface area contributed by atoms with E-state index >= 15 is 0 Å². The second kappa shape index (κ2) is 4.09. The van der Waals surface area contributed by atoms with Gasteiger partial charge in [0.2, 0.25) is 0 Å². The Morgan fingerprint density at radius 2 is 1.88 bits per heavy atom. The molecule has 5 heteroatoms. The topological polar surface area (TPSA) is 45.7 Å². The number of nitrogens with zero attached hydrogens (tertiary/aromatic N) is 1. The molecule has 0 saturated carbocycles. The fourth-order valence-corrected chi connectivity index (χ4v) is 2.16. The van der Waals surface area contributed by atoms with Crippen LogP contribution in [0.4, 0.5) is 4.39 Å². The molecule has 0 aromatic heterocycles. The Bertz CT molecular complexity index is 438. The lowest BCUT2D eigenvalue weighted by Gasteiger charge is -2.28. The summed E-state index contributed by atoms with van der Waals surface area (Å²) in [7, 11) is 0. The molecule has 0 amide bonds. The number of nitrogens with one attached hydrogen (secondary N) is 2. The van der Waals surface area contributed by atoms with Crippen molar-refractivity contribution in [1.82, 2.24) is 10.8 Å². The molecule has 3 rings (SSSR count). The number of hydrogen-bond acceptors (Lipinski definition) is 4. The van der Waals surface area contributed by atoms with E-state index in [4.69, 9.17) is 4.84 Å². The van der Waals surface area contributed by atoms with Crippen LogP contribution in [0, 0.1) is 5.82 Å². The van der Waals surface area contributed by atoms with Crippen molar-refractivity contribution in [3.8, 4) is 0 Å². The summed E-state index contributed by atoms with van der Waals surface area (Å²) in [5.41, 5.74) is 3.27. The molecule has 4 nitrogen and oxygen atoms in total. The van der Waals surface area contributed by atoms with E-state index in [-0.39, 0.29) is 5.82 Å². The number of halogens is 1. The highest BCUT2D eigenvalue weighted by atomic mass is 19.1. The molecule has 0 aliphatic carbocycles. The van der Waals surface area contributed by atoms with Crippen molar-refractivity contribution in [2.24, 2.45) is 4.99 Å². The Balaban J connectivity index is 1.85. The van der Waals surface area contributed by atoms with Gasteiger partial charge < -0.3 is 5.32 Å².